The first kappa shape index (κ1) is 17.5. The third-order valence-electron chi connectivity index (χ3n) is 3.30. The summed E-state index contributed by atoms with van der Waals surface area (Å²) in [5.74, 6) is 0.168. The standard InChI is InChI=1S/C18H20N2O4/c21-17(22)9-5-2-6-11-20-18(23)16-13-15(10-12-19-16)24-14-7-3-1-4-8-14/h1,3-4,7-8,10,12-13H,2,5-6,9,11H2,(H,20,23)(H,21,22). The number of unbranched alkanes of at least 4 members (excludes halogenated alkanes) is 2. The maximum Gasteiger partial charge on any atom is 0.303 e. The smallest absolute Gasteiger partial charge is 0.303 e. The zero-order valence-corrected chi connectivity index (χ0v) is 13.3. The second kappa shape index (κ2) is 9.29. The van der Waals surface area contributed by atoms with E-state index in [9.17, 15) is 9.59 Å². The molecular formula is C18H20N2O4. The van der Waals surface area contributed by atoms with Gasteiger partial charge >= 0.3 is 5.97 Å². The highest BCUT2D eigenvalue weighted by molar-refractivity contribution is 5.92. The molecule has 1 aromatic carbocycles. The molecule has 1 amide bonds. The Kier molecular flexibility index (Phi) is 6.76. The van der Waals surface area contributed by atoms with Crippen molar-refractivity contribution in [2.75, 3.05) is 6.54 Å². The Hall–Kier alpha value is -2.89. The number of amides is 1. The van der Waals surface area contributed by atoms with Crippen molar-refractivity contribution in [1.29, 1.82) is 0 Å². The molecule has 2 N–H and O–H groups in total. The Balaban J connectivity index is 1.80. The highest BCUT2D eigenvalue weighted by atomic mass is 16.5. The van der Waals surface area contributed by atoms with E-state index in [0.717, 1.165) is 12.8 Å². The molecule has 6 heteroatoms. The summed E-state index contributed by atoms with van der Waals surface area (Å²) < 4.78 is 5.67. The van der Waals surface area contributed by atoms with E-state index in [1.165, 1.54) is 6.20 Å². The van der Waals surface area contributed by atoms with Crippen LogP contribution in [0.3, 0.4) is 0 Å². The van der Waals surface area contributed by atoms with E-state index >= 15 is 0 Å². The summed E-state index contributed by atoms with van der Waals surface area (Å²) in [5, 5.41) is 11.3. The van der Waals surface area contributed by atoms with Crippen LogP contribution in [-0.2, 0) is 4.79 Å². The number of nitrogens with zero attached hydrogens (tertiary/aromatic N) is 1. The SMILES string of the molecule is O=C(O)CCCCCNC(=O)c1cc(Oc2ccccc2)ccn1. The zero-order valence-electron chi connectivity index (χ0n) is 13.3. The predicted octanol–water partition coefficient (Wildman–Crippen LogP) is 3.25. The first-order valence-corrected chi connectivity index (χ1v) is 7.84. The topological polar surface area (TPSA) is 88.5 Å². The Morgan fingerprint density at radius 2 is 1.83 bits per heavy atom. The maximum absolute atomic E-state index is 12.1. The number of nitrogens with one attached hydrogen (secondary N) is 1. The van der Waals surface area contributed by atoms with E-state index in [0.29, 0.717) is 24.5 Å². The average molecular weight is 328 g/mol. The second-order valence-corrected chi connectivity index (χ2v) is 5.25. The van der Waals surface area contributed by atoms with E-state index in [2.05, 4.69) is 10.3 Å². The normalized spacial score (nSPS) is 10.2. The molecular weight excluding hydrogens is 308 g/mol. The van der Waals surface area contributed by atoms with E-state index in [-0.39, 0.29) is 18.0 Å². The molecule has 0 radical (unpaired) electrons. The lowest BCUT2D eigenvalue weighted by atomic mass is 10.2. The third-order valence-corrected chi connectivity index (χ3v) is 3.30. The van der Waals surface area contributed by atoms with Gasteiger partial charge in [-0.3, -0.25) is 14.6 Å². The molecule has 2 aromatic rings. The Morgan fingerprint density at radius 3 is 2.58 bits per heavy atom. The Morgan fingerprint density at radius 1 is 1.04 bits per heavy atom. The number of ether oxygens (including phenoxy) is 1. The quantitative estimate of drug-likeness (QED) is 0.690. The van der Waals surface area contributed by atoms with Gasteiger partial charge in [0.05, 0.1) is 0 Å². The molecule has 1 heterocycles. The van der Waals surface area contributed by atoms with Crippen molar-refractivity contribution in [2.45, 2.75) is 25.7 Å². The summed E-state index contributed by atoms with van der Waals surface area (Å²) >= 11 is 0. The van der Waals surface area contributed by atoms with Crippen molar-refractivity contribution in [3.05, 3.63) is 54.4 Å². The van der Waals surface area contributed by atoms with E-state index in [1.54, 1.807) is 12.1 Å². The summed E-state index contributed by atoms with van der Waals surface area (Å²) in [6, 6.07) is 12.6. The molecule has 0 saturated carbocycles. The summed E-state index contributed by atoms with van der Waals surface area (Å²) in [4.78, 5) is 26.5. The van der Waals surface area contributed by atoms with Gasteiger partial charge in [0.1, 0.15) is 17.2 Å². The Bertz CT molecular complexity index is 674. The fraction of sp³-hybridized carbons (Fsp3) is 0.278. The van der Waals surface area contributed by atoms with Gasteiger partial charge in [0.2, 0.25) is 0 Å². The van der Waals surface area contributed by atoms with E-state index in [4.69, 9.17) is 9.84 Å². The number of hydrogen-bond acceptors (Lipinski definition) is 4. The number of rotatable bonds is 9. The number of para-hydroxylation sites is 1. The molecule has 2 rings (SSSR count). The molecule has 1 aromatic heterocycles. The van der Waals surface area contributed by atoms with Gasteiger partial charge in [0.15, 0.2) is 0 Å². The van der Waals surface area contributed by atoms with Gasteiger partial charge in [-0.15, -0.1) is 0 Å². The molecule has 6 nitrogen and oxygen atoms in total. The molecule has 0 bridgehead atoms. The van der Waals surface area contributed by atoms with Crippen LogP contribution in [0.2, 0.25) is 0 Å². The van der Waals surface area contributed by atoms with Crippen LogP contribution >= 0.6 is 0 Å². The average Bonchev–Trinajstić information content (AvgIpc) is 2.58. The van der Waals surface area contributed by atoms with Crippen molar-refractivity contribution in [2.24, 2.45) is 0 Å². The highest BCUT2D eigenvalue weighted by Gasteiger charge is 2.08. The number of aromatic nitrogens is 1. The van der Waals surface area contributed by atoms with Gasteiger partial charge in [0.25, 0.3) is 5.91 Å². The predicted molar refractivity (Wildman–Crippen MR) is 89.2 cm³/mol. The summed E-state index contributed by atoms with van der Waals surface area (Å²) in [5.41, 5.74) is 0.286. The number of pyridine rings is 1. The van der Waals surface area contributed by atoms with Crippen molar-refractivity contribution in [3.8, 4) is 11.5 Å². The minimum absolute atomic E-state index is 0.161. The van der Waals surface area contributed by atoms with Crippen LogP contribution in [0.1, 0.15) is 36.2 Å². The lowest BCUT2D eigenvalue weighted by Crippen LogP contribution is -2.25. The van der Waals surface area contributed by atoms with Gasteiger partial charge in [-0.25, -0.2) is 0 Å². The molecule has 0 spiro atoms. The van der Waals surface area contributed by atoms with Gasteiger partial charge in [0, 0.05) is 25.2 Å². The van der Waals surface area contributed by atoms with Crippen LogP contribution in [0.15, 0.2) is 48.7 Å². The molecule has 0 aliphatic carbocycles. The van der Waals surface area contributed by atoms with Crippen LogP contribution in [-0.4, -0.2) is 28.5 Å². The number of carbonyl (C=O) groups is 2. The number of carboxylic acid groups (broad SMARTS) is 1. The first-order valence-electron chi connectivity index (χ1n) is 7.84. The summed E-state index contributed by atoms with van der Waals surface area (Å²) in [7, 11) is 0. The number of carbonyl (C=O) groups excluding carboxylic acids is 1. The van der Waals surface area contributed by atoms with Gasteiger partial charge in [-0.1, -0.05) is 24.6 Å². The van der Waals surface area contributed by atoms with Crippen LogP contribution in [0.5, 0.6) is 11.5 Å². The Labute approximate surface area is 140 Å². The fourth-order valence-corrected chi connectivity index (χ4v) is 2.09. The van der Waals surface area contributed by atoms with Gasteiger partial charge in [-0.2, -0.15) is 0 Å². The molecule has 0 saturated heterocycles. The van der Waals surface area contributed by atoms with Crippen LogP contribution < -0.4 is 10.1 Å². The molecule has 0 fully saturated rings. The van der Waals surface area contributed by atoms with Gasteiger partial charge in [-0.05, 0) is 31.0 Å². The maximum atomic E-state index is 12.1. The van der Waals surface area contributed by atoms with Crippen LogP contribution in [0.25, 0.3) is 0 Å². The fourth-order valence-electron chi connectivity index (χ4n) is 2.09. The van der Waals surface area contributed by atoms with Crippen molar-refractivity contribution in [3.63, 3.8) is 0 Å². The summed E-state index contributed by atoms with van der Waals surface area (Å²) in [6.07, 6.45) is 3.80. The second-order valence-electron chi connectivity index (χ2n) is 5.25. The largest absolute Gasteiger partial charge is 0.481 e. The third kappa shape index (κ3) is 6.08. The number of hydrogen-bond donors (Lipinski definition) is 2. The van der Waals surface area contributed by atoms with Crippen LogP contribution in [0.4, 0.5) is 0 Å². The molecule has 0 atom stereocenters. The molecule has 0 unspecified atom stereocenters. The molecule has 0 aliphatic heterocycles. The molecule has 126 valence electrons. The molecule has 24 heavy (non-hydrogen) atoms. The number of aliphatic carboxylic acids is 1. The lowest BCUT2D eigenvalue weighted by molar-refractivity contribution is -0.137. The van der Waals surface area contributed by atoms with Crippen molar-refractivity contribution < 1.29 is 19.4 Å². The number of carboxylic acids is 1. The summed E-state index contributed by atoms with van der Waals surface area (Å²) in [6.45, 7) is 0.490. The van der Waals surface area contributed by atoms with Gasteiger partial charge < -0.3 is 15.2 Å². The van der Waals surface area contributed by atoms with Crippen LogP contribution in [0, 0.1) is 0 Å². The monoisotopic (exact) mass is 328 g/mol. The van der Waals surface area contributed by atoms with E-state index in [1.807, 2.05) is 30.3 Å². The minimum Gasteiger partial charge on any atom is -0.481 e. The van der Waals surface area contributed by atoms with Crippen molar-refractivity contribution in [1.82, 2.24) is 10.3 Å². The minimum atomic E-state index is -0.793. The van der Waals surface area contributed by atoms with Crippen molar-refractivity contribution >= 4 is 11.9 Å². The molecule has 0 aliphatic rings. The highest BCUT2D eigenvalue weighted by Crippen LogP contribution is 2.20. The number of benzene rings is 1. The first-order chi connectivity index (χ1) is 11.6. The van der Waals surface area contributed by atoms with E-state index < -0.39 is 5.97 Å². The zero-order chi connectivity index (χ0) is 17.2. The lowest BCUT2D eigenvalue weighted by Gasteiger charge is -2.08.